The van der Waals surface area contributed by atoms with E-state index in [9.17, 15) is 9.59 Å². The second-order valence-corrected chi connectivity index (χ2v) is 2.16. The number of hydrazine groups is 1. The average Bonchev–Trinajstić information content (AvgIpc) is 2.00. The molecular formula is C7H12N2O3. The van der Waals surface area contributed by atoms with Crippen LogP contribution in [0.25, 0.3) is 0 Å². The van der Waals surface area contributed by atoms with E-state index < -0.39 is 5.97 Å². The zero-order chi connectivity index (χ0) is 9.56. The Hall–Kier alpha value is -1.52. The first kappa shape index (κ1) is 10.5. The molecule has 5 nitrogen and oxygen atoms in total. The summed E-state index contributed by atoms with van der Waals surface area (Å²) in [5.41, 5.74) is 5.33. The van der Waals surface area contributed by atoms with Crippen molar-refractivity contribution in [3.05, 3.63) is 11.8 Å². The Morgan fingerprint density at radius 3 is 2.25 bits per heavy atom. The van der Waals surface area contributed by atoms with E-state index in [2.05, 4.69) is 15.6 Å². The standard InChI is InChI=1S/C7H12N2O3/c1-5(4-7(11)12-3)8-9-6(2)10/h4,8H,1-3H3,(H,9,10)/b5-4-. The second-order valence-electron chi connectivity index (χ2n) is 2.16. The van der Waals surface area contributed by atoms with Crippen LogP contribution in [0.15, 0.2) is 11.8 Å². The molecule has 0 aromatic carbocycles. The Labute approximate surface area is 70.7 Å². The number of nitrogens with one attached hydrogen (secondary N) is 2. The van der Waals surface area contributed by atoms with E-state index in [0.717, 1.165) is 0 Å². The molecule has 0 heterocycles. The van der Waals surface area contributed by atoms with Crippen LogP contribution in [0.5, 0.6) is 0 Å². The lowest BCUT2D eigenvalue weighted by Gasteiger charge is -2.04. The summed E-state index contributed by atoms with van der Waals surface area (Å²) in [5.74, 6) is -0.696. The summed E-state index contributed by atoms with van der Waals surface area (Å²) in [6, 6.07) is 0. The number of amides is 1. The zero-order valence-electron chi connectivity index (χ0n) is 7.30. The minimum Gasteiger partial charge on any atom is -0.466 e. The molecule has 0 atom stereocenters. The van der Waals surface area contributed by atoms with Crippen LogP contribution < -0.4 is 10.9 Å². The van der Waals surface area contributed by atoms with Crippen molar-refractivity contribution in [2.75, 3.05) is 7.11 Å². The number of hydrogen-bond acceptors (Lipinski definition) is 4. The van der Waals surface area contributed by atoms with E-state index in [4.69, 9.17) is 0 Å². The molecule has 0 radical (unpaired) electrons. The molecule has 0 fully saturated rings. The van der Waals surface area contributed by atoms with Crippen molar-refractivity contribution in [1.29, 1.82) is 0 Å². The largest absolute Gasteiger partial charge is 0.466 e. The third kappa shape index (κ3) is 5.28. The maximum absolute atomic E-state index is 10.6. The van der Waals surface area contributed by atoms with Crippen molar-refractivity contribution in [2.24, 2.45) is 0 Å². The van der Waals surface area contributed by atoms with Gasteiger partial charge >= 0.3 is 5.97 Å². The number of carbonyl (C=O) groups is 2. The highest BCUT2D eigenvalue weighted by molar-refractivity contribution is 5.82. The number of esters is 1. The molecule has 0 spiro atoms. The summed E-state index contributed by atoms with van der Waals surface area (Å²) in [5, 5.41) is 0. The van der Waals surface area contributed by atoms with Crippen molar-refractivity contribution in [2.45, 2.75) is 13.8 Å². The van der Waals surface area contributed by atoms with Gasteiger partial charge in [-0.2, -0.15) is 0 Å². The van der Waals surface area contributed by atoms with E-state index in [-0.39, 0.29) is 5.91 Å². The van der Waals surface area contributed by atoms with Crippen molar-refractivity contribution >= 4 is 11.9 Å². The summed E-state index contributed by atoms with van der Waals surface area (Å²) in [6.07, 6.45) is 1.23. The summed E-state index contributed by atoms with van der Waals surface area (Å²) in [6.45, 7) is 2.99. The Morgan fingerprint density at radius 1 is 1.25 bits per heavy atom. The maximum atomic E-state index is 10.6. The Balaban J connectivity index is 3.85. The number of ether oxygens (including phenoxy) is 1. The van der Waals surface area contributed by atoms with Gasteiger partial charge in [0, 0.05) is 18.7 Å². The highest BCUT2D eigenvalue weighted by Crippen LogP contribution is 1.85. The van der Waals surface area contributed by atoms with E-state index in [0.29, 0.717) is 5.70 Å². The first-order chi connectivity index (χ1) is 5.56. The molecule has 0 rings (SSSR count). The third-order valence-electron chi connectivity index (χ3n) is 0.971. The number of carbonyl (C=O) groups excluding carboxylic acids is 2. The van der Waals surface area contributed by atoms with E-state index >= 15 is 0 Å². The van der Waals surface area contributed by atoms with E-state index in [1.165, 1.54) is 20.1 Å². The lowest BCUT2D eigenvalue weighted by atomic mass is 10.4. The molecule has 0 aliphatic carbocycles. The summed E-state index contributed by atoms with van der Waals surface area (Å²) < 4.78 is 4.36. The molecule has 0 bridgehead atoms. The van der Waals surface area contributed by atoms with Gasteiger partial charge in [0.15, 0.2) is 0 Å². The summed E-state index contributed by atoms with van der Waals surface area (Å²) in [7, 11) is 1.28. The van der Waals surface area contributed by atoms with Gasteiger partial charge in [-0.25, -0.2) is 4.79 Å². The zero-order valence-corrected chi connectivity index (χ0v) is 7.30. The third-order valence-corrected chi connectivity index (χ3v) is 0.971. The Morgan fingerprint density at radius 2 is 1.83 bits per heavy atom. The molecule has 1 amide bonds. The van der Waals surface area contributed by atoms with Gasteiger partial charge in [0.1, 0.15) is 0 Å². The average molecular weight is 172 g/mol. The number of rotatable bonds is 3. The molecule has 5 heteroatoms. The van der Waals surface area contributed by atoms with Gasteiger partial charge in [-0.3, -0.25) is 10.2 Å². The van der Waals surface area contributed by atoms with Crippen molar-refractivity contribution < 1.29 is 14.3 Å². The SMILES string of the molecule is COC(=O)/C=C(/C)NNC(C)=O. The summed E-state index contributed by atoms with van der Waals surface area (Å²) >= 11 is 0. The molecule has 0 aliphatic heterocycles. The Bertz CT molecular complexity index is 211. The first-order valence-corrected chi connectivity index (χ1v) is 3.35. The van der Waals surface area contributed by atoms with Crippen LogP contribution in [0.4, 0.5) is 0 Å². The fourth-order valence-electron chi connectivity index (χ4n) is 0.458. The lowest BCUT2D eigenvalue weighted by molar-refractivity contribution is -0.135. The van der Waals surface area contributed by atoms with Gasteiger partial charge in [0.25, 0.3) is 0 Å². The van der Waals surface area contributed by atoms with Gasteiger partial charge in [0.05, 0.1) is 7.11 Å². The fourth-order valence-corrected chi connectivity index (χ4v) is 0.458. The highest BCUT2D eigenvalue weighted by Gasteiger charge is 1.95. The Kier molecular flexibility index (Phi) is 4.52. The fraction of sp³-hybridized carbons (Fsp3) is 0.429. The topological polar surface area (TPSA) is 67.4 Å². The van der Waals surface area contributed by atoms with Gasteiger partial charge in [-0.1, -0.05) is 0 Å². The van der Waals surface area contributed by atoms with Gasteiger partial charge in [-0.15, -0.1) is 0 Å². The minimum atomic E-state index is -0.467. The van der Waals surface area contributed by atoms with Crippen LogP contribution in [0.3, 0.4) is 0 Å². The van der Waals surface area contributed by atoms with Crippen LogP contribution in [0, 0.1) is 0 Å². The van der Waals surface area contributed by atoms with Crippen LogP contribution >= 0.6 is 0 Å². The van der Waals surface area contributed by atoms with Crippen molar-refractivity contribution in [3.63, 3.8) is 0 Å². The number of methoxy groups -OCH3 is 1. The predicted octanol–water partition coefficient (Wildman–Crippen LogP) is -0.296. The normalized spacial score (nSPS) is 10.4. The van der Waals surface area contributed by atoms with Gasteiger partial charge in [-0.05, 0) is 6.92 Å². The van der Waals surface area contributed by atoms with Gasteiger partial charge in [0.2, 0.25) is 5.91 Å². The lowest BCUT2D eigenvalue weighted by Crippen LogP contribution is -2.34. The van der Waals surface area contributed by atoms with Crippen LogP contribution in [-0.4, -0.2) is 19.0 Å². The van der Waals surface area contributed by atoms with Gasteiger partial charge < -0.3 is 10.2 Å². The molecule has 68 valence electrons. The molecule has 0 aromatic heterocycles. The quantitative estimate of drug-likeness (QED) is 0.348. The minimum absolute atomic E-state index is 0.229. The first-order valence-electron chi connectivity index (χ1n) is 3.35. The molecule has 12 heavy (non-hydrogen) atoms. The predicted molar refractivity (Wildman–Crippen MR) is 42.7 cm³/mol. The maximum Gasteiger partial charge on any atom is 0.332 e. The molecule has 0 saturated heterocycles. The molecule has 2 N–H and O–H groups in total. The number of hydrogen-bond donors (Lipinski definition) is 2. The van der Waals surface area contributed by atoms with Crippen molar-refractivity contribution in [3.8, 4) is 0 Å². The van der Waals surface area contributed by atoms with Crippen LogP contribution in [-0.2, 0) is 14.3 Å². The molecule has 0 aromatic rings. The second kappa shape index (κ2) is 5.17. The molecular weight excluding hydrogens is 160 g/mol. The molecule has 0 aliphatic rings. The van der Waals surface area contributed by atoms with E-state index in [1.807, 2.05) is 0 Å². The van der Waals surface area contributed by atoms with Crippen LogP contribution in [0.2, 0.25) is 0 Å². The monoisotopic (exact) mass is 172 g/mol. The smallest absolute Gasteiger partial charge is 0.332 e. The molecule has 0 saturated carbocycles. The highest BCUT2D eigenvalue weighted by atomic mass is 16.5. The van der Waals surface area contributed by atoms with E-state index in [1.54, 1.807) is 6.92 Å². The molecule has 0 unspecified atom stereocenters. The van der Waals surface area contributed by atoms with Crippen LogP contribution in [0.1, 0.15) is 13.8 Å². The summed E-state index contributed by atoms with van der Waals surface area (Å²) in [4.78, 5) is 21.0. The number of allylic oxidation sites excluding steroid dienone is 1. The van der Waals surface area contributed by atoms with Crippen molar-refractivity contribution in [1.82, 2.24) is 10.9 Å².